The van der Waals surface area contributed by atoms with Crippen LogP contribution in [0.15, 0.2) is 109 Å². The van der Waals surface area contributed by atoms with Crippen molar-refractivity contribution < 1.29 is 9.59 Å². The van der Waals surface area contributed by atoms with E-state index in [1.54, 1.807) is 28.8 Å². The van der Waals surface area contributed by atoms with Gasteiger partial charge in [0.1, 0.15) is 0 Å². The standard InChI is InChI=1S/C35H32N6O2S/c36-22-27-8-10-28(11-9-27)24-40-26-37-23-32(40)25-41(35(43)29-5-2-1-3-6-29)31-14-12-30(13-15-31)38-16-18-39(19-17-38)34(42)21-33-7-4-20-44-33/h1-15,20,23,26H,16-19,21,24-25H2. The third-order valence-electron chi connectivity index (χ3n) is 7.88. The third kappa shape index (κ3) is 6.72. The normalized spacial score (nSPS) is 13.0. The maximum Gasteiger partial charge on any atom is 0.258 e. The first-order valence-corrected chi connectivity index (χ1v) is 15.5. The molecule has 0 saturated carbocycles. The molecule has 3 heterocycles. The molecule has 0 atom stereocenters. The van der Waals surface area contributed by atoms with Crippen LogP contribution in [0.2, 0.25) is 0 Å². The lowest BCUT2D eigenvalue weighted by Gasteiger charge is -2.36. The number of piperazine rings is 1. The molecule has 1 fully saturated rings. The van der Waals surface area contributed by atoms with Gasteiger partial charge in [0.05, 0.1) is 36.6 Å². The van der Waals surface area contributed by atoms with Crippen LogP contribution in [-0.4, -0.2) is 52.4 Å². The fraction of sp³-hybridized carbons (Fsp3) is 0.200. The van der Waals surface area contributed by atoms with Crippen molar-refractivity contribution in [3.63, 3.8) is 0 Å². The molecule has 2 aromatic heterocycles. The Morgan fingerprint density at radius 1 is 0.886 bits per heavy atom. The van der Waals surface area contributed by atoms with Crippen molar-refractivity contribution in [2.24, 2.45) is 0 Å². The fourth-order valence-corrected chi connectivity index (χ4v) is 6.11. The van der Waals surface area contributed by atoms with Gasteiger partial charge in [0.15, 0.2) is 0 Å². The summed E-state index contributed by atoms with van der Waals surface area (Å²) >= 11 is 1.62. The van der Waals surface area contributed by atoms with Gasteiger partial charge in [-0.2, -0.15) is 5.26 Å². The van der Waals surface area contributed by atoms with E-state index in [1.165, 1.54) is 0 Å². The van der Waals surface area contributed by atoms with Crippen LogP contribution in [0.4, 0.5) is 11.4 Å². The molecule has 0 spiro atoms. The molecule has 1 aliphatic rings. The molecule has 44 heavy (non-hydrogen) atoms. The first kappa shape index (κ1) is 28.9. The Morgan fingerprint density at radius 3 is 2.32 bits per heavy atom. The number of aromatic nitrogens is 2. The Kier molecular flexibility index (Phi) is 8.80. The molecule has 1 aliphatic heterocycles. The van der Waals surface area contributed by atoms with E-state index in [0.29, 0.717) is 43.7 Å². The Labute approximate surface area is 261 Å². The first-order chi connectivity index (χ1) is 21.6. The lowest BCUT2D eigenvalue weighted by molar-refractivity contribution is -0.130. The Morgan fingerprint density at radius 2 is 1.64 bits per heavy atom. The number of imidazole rings is 1. The lowest BCUT2D eigenvalue weighted by atomic mass is 10.1. The van der Waals surface area contributed by atoms with Crippen molar-refractivity contribution in [3.05, 3.63) is 136 Å². The van der Waals surface area contributed by atoms with Crippen molar-refractivity contribution in [3.8, 4) is 6.07 Å². The highest BCUT2D eigenvalue weighted by Crippen LogP contribution is 2.26. The number of hydrogen-bond acceptors (Lipinski definition) is 6. The molecule has 8 nitrogen and oxygen atoms in total. The van der Waals surface area contributed by atoms with Crippen LogP contribution in [0.3, 0.4) is 0 Å². The van der Waals surface area contributed by atoms with E-state index in [0.717, 1.165) is 40.6 Å². The van der Waals surface area contributed by atoms with Crippen LogP contribution in [-0.2, 0) is 24.3 Å². The third-order valence-corrected chi connectivity index (χ3v) is 8.76. The highest BCUT2D eigenvalue weighted by atomic mass is 32.1. The smallest absolute Gasteiger partial charge is 0.258 e. The molecule has 0 radical (unpaired) electrons. The van der Waals surface area contributed by atoms with Crippen LogP contribution in [0, 0.1) is 11.3 Å². The molecular weight excluding hydrogens is 568 g/mol. The van der Waals surface area contributed by atoms with Gasteiger partial charge in [-0.15, -0.1) is 11.3 Å². The number of thiophene rings is 1. The molecular formula is C35H32N6O2S. The molecule has 1 saturated heterocycles. The molecule has 0 N–H and O–H groups in total. The van der Waals surface area contributed by atoms with Crippen LogP contribution < -0.4 is 9.80 Å². The maximum absolute atomic E-state index is 13.8. The first-order valence-electron chi connectivity index (χ1n) is 14.6. The second-order valence-electron chi connectivity index (χ2n) is 10.7. The molecule has 0 aliphatic carbocycles. The monoisotopic (exact) mass is 600 g/mol. The minimum absolute atomic E-state index is 0.0951. The lowest BCUT2D eigenvalue weighted by Crippen LogP contribution is -2.49. The number of hydrogen-bond donors (Lipinski definition) is 0. The van der Waals surface area contributed by atoms with E-state index >= 15 is 0 Å². The summed E-state index contributed by atoms with van der Waals surface area (Å²) in [5.41, 5.74) is 5.02. The number of amides is 2. The minimum atomic E-state index is -0.0951. The van der Waals surface area contributed by atoms with Gasteiger partial charge < -0.3 is 19.3 Å². The van der Waals surface area contributed by atoms with Gasteiger partial charge in [-0.3, -0.25) is 9.59 Å². The van der Waals surface area contributed by atoms with E-state index in [1.807, 2.05) is 93.7 Å². The zero-order valence-electron chi connectivity index (χ0n) is 24.3. The number of anilines is 2. The predicted octanol–water partition coefficient (Wildman–Crippen LogP) is 5.60. The fourth-order valence-electron chi connectivity index (χ4n) is 5.41. The van der Waals surface area contributed by atoms with E-state index in [-0.39, 0.29) is 11.8 Å². The number of nitrogens with zero attached hydrogens (tertiary/aromatic N) is 6. The average Bonchev–Trinajstić information content (AvgIpc) is 3.76. The average molecular weight is 601 g/mol. The maximum atomic E-state index is 13.8. The van der Waals surface area contributed by atoms with Crippen molar-refractivity contribution in [1.29, 1.82) is 5.26 Å². The van der Waals surface area contributed by atoms with E-state index in [2.05, 4.69) is 28.1 Å². The molecule has 6 rings (SSSR count). The summed E-state index contributed by atoms with van der Waals surface area (Å²) in [5.74, 6) is 0.0817. The van der Waals surface area contributed by atoms with Gasteiger partial charge in [-0.25, -0.2) is 4.98 Å². The predicted molar refractivity (Wildman–Crippen MR) is 173 cm³/mol. The Balaban J connectivity index is 1.17. The summed E-state index contributed by atoms with van der Waals surface area (Å²) in [6.07, 6.45) is 4.03. The highest BCUT2D eigenvalue weighted by molar-refractivity contribution is 7.10. The summed E-state index contributed by atoms with van der Waals surface area (Å²) in [5, 5.41) is 11.1. The van der Waals surface area contributed by atoms with Gasteiger partial charge >= 0.3 is 0 Å². The van der Waals surface area contributed by atoms with Crippen LogP contribution in [0.1, 0.15) is 32.1 Å². The van der Waals surface area contributed by atoms with Gasteiger partial charge in [-0.05, 0) is 65.5 Å². The number of benzene rings is 3. The molecule has 5 aromatic rings. The van der Waals surface area contributed by atoms with Gasteiger partial charge in [-0.1, -0.05) is 36.4 Å². The van der Waals surface area contributed by atoms with E-state index < -0.39 is 0 Å². The quantitative estimate of drug-likeness (QED) is 0.220. The van der Waals surface area contributed by atoms with Crippen molar-refractivity contribution in [2.75, 3.05) is 36.0 Å². The number of nitriles is 1. The summed E-state index contributed by atoms with van der Waals surface area (Å²) in [4.78, 5) is 38.1. The van der Waals surface area contributed by atoms with Crippen LogP contribution in [0.25, 0.3) is 0 Å². The van der Waals surface area contributed by atoms with Crippen LogP contribution >= 0.6 is 11.3 Å². The van der Waals surface area contributed by atoms with Crippen LogP contribution in [0.5, 0.6) is 0 Å². The summed E-state index contributed by atoms with van der Waals surface area (Å²) < 4.78 is 2.03. The molecule has 0 bridgehead atoms. The van der Waals surface area contributed by atoms with Gasteiger partial charge in [0.2, 0.25) is 5.91 Å². The van der Waals surface area contributed by atoms with Crippen molar-refractivity contribution in [1.82, 2.24) is 14.5 Å². The topological polar surface area (TPSA) is 85.5 Å². The number of carbonyl (C=O) groups is 2. The molecule has 9 heteroatoms. The summed E-state index contributed by atoms with van der Waals surface area (Å²) in [6.45, 7) is 3.82. The van der Waals surface area contributed by atoms with E-state index in [4.69, 9.17) is 5.26 Å². The molecule has 220 valence electrons. The second-order valence-corrected chi connectivity index (χ2v) is 11.8. The Hall–Kier alpha value is -5.20. The van der Waals surface area contributed by atoms with Crippen molar-refractivity contribution >= 4 is 34.5 Å². The molecule has 3 aromatic carbocycles. The second kappa shape index (κ2) is 13.4. The SMILES string of the molecule is N#Cc1ccc(Cn2cncc2CN(C(=O)c2ccccc2)c2ccc(N3CCN(C(=O)Cc4cccs4)CC3)cc2)cc1. The number of rotatable bonds is 9. The summed E-state index contributed by atoms with van der Waals surface area (Å²) in [7, 11) is 0. The van der Waals surface area contributed by atoms with Gasteiger partial charge in [0, 0.05) is 60.7 Å². The highest BCUT2D eigenvalue weighted by Gasteiger charge is 2.23. The minimum Gasteiger partial charge on any atom is -0.368 e. The van der Waals surface area contributed by atoms with Gasteiger partial charge in [0.25, 0.3) is 5.91 Å². The zero-order chi connectivity index (χ0) is 30.3. The number of carbonyl (C=O) groups excluding carboxylic acids is 2. The largest absolute Gasteiger partial charge is 0.368 e. The van der Waals surface area contributed by atoms with E-state index in [9.17, 15) is 9.59 Å². The molecule has 2 amide bonds. The zero-order valence-corrected chi connectivity index (χ0v) is 25.1. The summed E-state index contributed by atoms with van der Waals surface area (Å²) in [6, 6.07) is 31.0. The Bertz CT molecular complexity index is 1730. The van der Waals surface area contributed by atoms with Crippen molar-refractivity contribution in [2.45, 2.75) is 19.5 Å². The molecule has 0 unspecified atom stereocenters.